The first-order valence-electron chi connectivity index (χ1n) is 7.82. The van der Waals surface area contributed by atoms with Crippen LogP contribution in [0.5, 0.6) is 11.5 Å². The third-order valence-electron chi connectivity index (χ3n) is 3.54. The summed E-state index contributed by atoms with van der Waals surface area (Å²) < 4.78 is 15.7. The van der Waals surface area contributed by atoms with Crippen molar-refractivity contribution in [2.75, 3.05) is 24.9 Å². The molecular formula is C18H18N4O4. The highest BCUT2D eigenvalue weighted by Gasteiger charge is 2.13. The Kier molecular flexibility index (Phi) is 5.33. The molecule has 0 radical (unpaired) electrons. The number of hydrogen-bond acceptors (Lipinski definition) is 7. The normalized spacial score (nSPS) is 10.2. The van der Waals surface area contributed by atoms with Gasteiger partial charge in [0.1, 0.15) is 23.0 Å². The fraction of sp³-hybridized carbons (Fsp3) is 0.167. The highest BCUT2D eigenvalue weighted by atomic mass is 16.5. The molecule has 26 heavy (non-hydrogen) atoms. The lowest BCUT2D eigenvalue weighted by Crippen LogP contribution is -2.16. The van der Waals surface area contributed by atoms with E-state index in [9.17, 15) is 4.79 Å². The predicted molar refractivity (Wildman–Crippen MR) is 95.6 cm³/mol. The highest BCUT2D eigenvalue weighted by molar-refractivity contribution is 6.03. The van der Waals surface area contributed by atoms with Gasteiger partial charge in [0.05, 0.1) is 32.7 Å². The van der Waals surface area contributed by atoms with Gasteiger partial charge in [0, 0.05) is 12.3 Å². The zero-order valence-electron chi connectivity index (χ0n) is 14.4. The number of rotatable bonds is 7. The number of nitrogens with one attached hydrogen (secondary N) is 2. The maximum atomic E-state index is 12.5. The molecular weight excluding hydrogens is 336 g/mol. The lowest BCUT2D eigenvalue weighted by molar-refractivity contribution is 0.102. The Labute approximate surface area is 150 Å². The van der Waals surface area contributed by atoms with Gasteiger partial charge in [-0.2, -0.15) is 0 Å². The summed E-state index contributed by atoms with van der Waals surface area (Å²) in [7, 11) is 3.08. The molecule has 0 saturated heterocycles. The van der Waals surface area contributed by atoms with Crippen LogP contribution in [0.2, 0.25) is 0 Å². The number of amides is 1. The van der Waals surface area contributed by atoms with E-state index in [1.807, 2.05) is 6.07 Å². The third kappa shape index (κ3) is 4.10. The first-order chi connectivity index (χ1) is 12.7. The predicted octanol–water partition coefficient (Wildman–Crippen LogP) is 2.95. The van der Waals surface area contributed by atoms with E-state index in [0.29, 0.717) is 29.7 Å². The van der Waals surface area contributed by atoms with Gasteiger partial charge in [-0.1, -0.05) is 0 Å². The van der Waals surface area contributed by atoms with Crippen LogP contribution in [0.1, 0.15) is 16.2 Å². The van der Waals surface area contributed by atoms with Crippen LogP contribution in [0.25, 0.3) is 0 Å². The molecule has 0 bridgehead atoms. The van der Waals surface area contributed by atoms with E-state index in [2.05, 4.69) is 20.6 Å². The van der Waals surface area contributed by atoms with Crippen LogP contribution < -0.4 is 20.1 Å². The van der Waals surface area contributed by atoms with E-state index in [1.165, 1.54) is 19.4 Å². The van der Waals surface area contributed by atoms with Gasteiger partial charge in [-0.05, 0) is 30.3 Å². The van der Waals surface area contributed by atoms with Gasteiger partial charge in [0.15, 0.2) is 0 Å². The number of aromatic nitrogens is 2. The Morgan fingerprint density at radius 1 is 1.19 bits per heavy atom. The van der Waals surface area contributed by atoms with Crippen LogP contribution in [0.4, 0.5) is 11.6 Å². The molecule has 0 aliphatic heterocycles. The maximum Gasteiger partial charge on any atom is 0.274 e. The summed E-state index contributed by atoms with van der Waals surface area (Å²) in [6, 6.07) is 10.3. The monoisotopic (exact) mass is 354 g/mol. The zero-order valence-corrected chi connectivity index (χ0v) is 14.4. The fourth-order valence-corrected chi connectivity index (χ4v) is 2.25. The Bertz CT molecular complexity index is 881. The fourth-order valence-electron chi connectivity index (χ4n) is 2.25. The molecule has 0 atom stereocenters. The Balaban J connectivity index is 1.73. The molecule has 0 aliphatic carbocycles. The van der Waals surface area contributed by atoms with E-state index >= 15 is 0 Å². The average Bonchev–Trinajstić information content (AvgIpc) is 3.20. The second-order valence-corrected chi connectivity index (χ2v) is 5.22. The van der Waals surface area contributed by atoms with Gasteiger partial charge >= 0.3 is 0 Å². The van der Waals surface area contributed by atoms with Crippen molar-refractivity contribution >= 4 is 17.5 Å². The second kappa shape index (κ2) is 8.02. The number of nitrogens with zero attached hydrogens (tertiary/aromatic N) is 2. The molecule has 8 nitrogen and oxygen atoms in total. The third-order valence-corrected chi connectivity index (χ3v) is 3.54. The van der Waals surface area contributed by atoms with Crippen LogP contribution in [-0.2, 0) is 6.54 Å². The molecule has 2 aromatic heterocycles. The number of methoxy groups -OCH3 is 2. The second-order valence-electron chi connectivity index (χ2n) is 5.22. The summed E-state index contributed by atoms with van der Waals surface area (Å²) in [5.74, 6) is 1.80. The van der Waals surface area contributed by atoms with Crippen molar-refractivity contribution in [3.05, 3.63) is 60.3 Å². The maximum absolute atomic E-state index is 12.5. The Morgan fingerprint density at radius 3 is 2.81 bits per heavy atom. The van der Waals surface area contributed by atoms with Crippen LogP contribution in [0, 0.1) is 0 Å². The molecule has 134 valence electrons. The van der Waals surface area contributed by atoms with Crippen molar-refractivity contribution in [1.82, 2.24) is 9.97 Å². The number of carbonyl (C=O) groups is 1. The number of furan rings is 1. The van der Waals surface area contributed by atoms with Crippen molar-refractivity contribution in [1.29, 1.82) is 0 Å². The van der Waals surface area contributed by atoms with Crippen molar-refractivity contribution in [2.45, 2.75) is 6.54 Å². The van der Waals surface area contributed by atoms with Gasteiger partial charge < -0.3 is 24.5 Å². The molecule has 1 amide bonds. The van der Waals surface area contributed by atoms with Crippen molar-refractivity contribution in [3.63, 3.8) is 0 Å². The van der Waals surface area contributed by atoms with E-state index in [0.717, 1.165) is 5.76 Å². The summed E-state index contributed by atoms with van der Waals surface area (Å²) in [5.41, 5.74) is 0.701. The van der Waals surface area contributed by atoms with Gasteiger partial charge in [-0.3, -0.25) is 4.79 Å². The molecule has 0 unspecified atom stereocenters. The number of hydrogen-bond donors (Lipinski definition) is 2. The molecule has 8 heteroatoms. The minimum Gasteiger partial charge on any atom is -0.497 e. The summed E-state index contributed by atoms with van der Waals surface area (Å²) in [6.45, 7) is 0.418. The molecule has 0 spiro atoms. The lowest BCUT2D eigenvalue weighted by Gasteiger charge is -2.12. The molecule has 0 aliphatic rings. The first-order valence-corrected chi connectivity index (χ1v) is 7.82. The summed E-state index contributed by atoms with van der Waals surface area (Å²) in [5, 5.41) is 5.78. The van der Waals surface area contributed by atoms with Gasteiger partial charge in [-0.25, -0.2) is 9.97 Å². The average molecular weight is 354 g/mol. The standard InChI is InChI=1S/C18H18N4O4/c1-24-12-5-6-16(25-2)15(10-12)21-17(23)14-7-8-19-18(22-14)20-11-13-4-3-9-26-13/h3-10H,11H2,1-2H3,(H,21,23)(H,19,20,22). The van der Waals surface area contributed by atoms with Gasteiger partial charge in [-0.15, -0.1) is 0 Å². The van der Waals surface area contributed by atoms with Crippen LogP contribution >= 0.6 is 0 Å². The molecule has 3 rings (SSSR count). The van der Waals surface area contributed by atoms with E-state index in [4.69, 9.17) is 13.9 Å². The van der Waals surface area contributed by atoms with Gasteiger partial charge in [0.2, 0.25) is 5.95 Å². The van der Waals surface area contributed by atoms with Crippen molar-refractivity contribution < 1.29 is 18.7 Å². The van der Waals surface area contributed by atoms with Crippen molar-refractivity contribution in [2.24, 2.45) is 0 Å². The van der Waals surface area contributed by atoms with Gasteiger partial charge in [0.25, 0.3) is 5.91 Å². The van der Waals surface area contributed by atoms with Crippen molar-refractivity contribution in [3.8, 4) is 11.5 Å². The summed E-state index contributed by atoms with van der Waals surface area (Å²) >= 11 is 0. The molecule has 3 aromatic rings. The van der Waals surface area contributed by atoms with E-state index in [1.54, 1.807) is 37.6 Å². The number of benzene rings is 1. The number of ether oxygens (including phenoxy) is 2. The summed E-state index contributed by atoms with van der Waals surface area (Å²) in [4.78, 5) is 20.8. The molecule has 0 saturated carbocycles. The topological polar surface area (TPSA) is 98.5 Å². The molecule has 0 fully saturated rings. The smallest absolute Gasteiger partial charge is 0.274 e. The van der Waals surface area contributed by atoms with Crippen LogP contribution in [-0.4, -0.2) is 30.1 Å². The minimum atomic E-state index is -0.389. The zero-order chi connectivity index (χ0) is 18.4. The quantitative estimate of drug-likeness (QED) is 0.673. The van der Waals surface area contributed by atoms with Crippen LogP contribution in [0.3, 0.4) is 0 Å². The molecule has 2 heterocycles. The minimum absolute atomic E-state index is 0.215. The SMILES string of the molecule is COc1ccc(OC)c(NC(=O)c2ccnc(NCc3ccco3)n2)c1. The highest BCUT2D eigenvalue weighted by Crippen LogP contribution is 2.29. The number of carbonyl (C=O) groups excluding carboxylic acids is 1. The number of anilines is 2. The van der Waals surface area contributed by atoms with Crippen LogP contribution in [0.15, 0.2) is 53.3 Å². The first kappa shape index (κ1) is 17.3. The van der Waals surface area contributed by atoms with E-state index < -0.39 is 0 Å². The largest absolute Gasteiger partial charge is 0.497 e. The molecule has 1 aromatic carbocycles. The van der Waals surface area contributed by atoms with E-state index in [-0.39, 0.29) is 11.6 Å². The summed E-state index contributed by atoms with van der Waals surface area (Å²) in [6.07, 6.45) is 3.10. The molecule has 2 N–H and O–H groups in total. The Hall–Kier alpha value is -3.55. The Morgan fingerprint density at radius 2 is 2.08 bits per heavy atom. The lowest BCUT2D eigenvalue weighted by atomic mass is 10.2.